The van der Waals surface area contributed by atoms with E-state index in [1.165, 1.54) is 56.7 Å². The van der Waals surface area contributed by atoms with Crippen molar-refractivity contribution in [2.24, 2.45) is 0 Å². The molecule has 3 nitrogen and oxygen atoms in total. The molecule has 1 atom stereocenters. The standard InChI is InChI=1S/C17H24N2OS/c20-11-4-5-15-7-12-21-17(15)14-18-10-6-16(13-18)19-8-2-1-3-9-19/h7,12,16,20H,1-3,6,8-11,13-14H2. The summed E-state index contributed by atoms with van der Waals surface area (Å²) in [5.74, 6) is 5.83. The molecule has 0 spiro atoms. The van der Waals surface area contributed by atoms with Crippen LogP contribution in [-0.2, 0) is 6.54 Å². The molecule has 3 heterocycles. The minimum absolute atomic E-state index is 0.0595. The van der Waals surface area contributed by atoms with Gasteiger partial charge in [0.05, 0.1) is 0 Å². The second-order valence-electron chi connectivity index (χ2n) is 5.99. The molecule has 2 aliphatic heterocycles. The molecule has 0 saturated carbocycles. The monoisotopic (exact) mass is 304 g/mol. The highest BCUT2D eigenvalue weighted by atomic mass is 32.1. The van der Waals surface area contributed by atoms with Gasteiger partial charge in [0.1, 0.15) is 6.61 Å². The maximum Gasteiger partial charge on any atom is 0.104 e. The summed E-state index contributed by atoms with van der Waals surface area (Å²) in [4.78, 5) is 6.61. The molecule has 0 aliphatic carbocycles. The van der Waals surface area contributed by atoms with E-state index in [-0.39, 0.29) is 6.61 Å². The van der Waals surface area contributed by atoms with Crippen LogP contribution in [0.25, 0.3) is 0 Å². The first-order valence-corrected chi connectivity index (χ1v) is 8.87. The Bertz CT molecular complexity index is 510. The number of thiophene rings is 1. The maximum absolute atomic E-state index is 8.83. The van der Waals surface area contributed by atoms with Crippen molar-refractivity contribution < 1.29 is 5.11 Å². The van der Waals surface area contributed by atoms with Crippen LogP contribution in [-0.4, -0.2) is 53.7 Å². The third kappa shape index (κ3) is 3.87. The number of nitrogens with zero attached hydrogens (tertiary/aromatic N) is 2. The van der Waals surface area contributed by atoms with Gasteiger partial charge in [-0.15, -0.1) is 11.3 Å². The van der Waals surface area contributed by atoms with Crippen LogP contribution < -0.4 is 0 Å². The van der Waals surface area contributed by atoms with Crippen LogP contribution in [0.2, 0.25) is 0 Å². The fourth-order valence-corrected chi connectivity index (χ4v) is 4.32. The van der Waals surface area contributed by atoms with E-state index in [2.05, 4.69) is 33.1 Å². The van der Waals surface area contributed by atoms with Crippen molar-refractivity contribution in [1.82, 2.24) is 9.80 Å². The van der Waals surface area contributed by atoms with E-state index in [0.717, 1.165) is 18.2 Å². The zero-order valence-electron chi connectivity index (χ0n) is 12.6. The second kappa shape index (κ2) is 7.42. The van der Waals surface area contributed by atoms with Gasteiger partial charge in [-0.05, 0) is 43.8 Å². The zero-order chi connectivity index (χ0) is 14.5. The fraction of sp³-hybridized carbons (Fsp3) is 0.647. The highest BCUT2D eigenvalue weighted by Gasteiger charge is 2.28. The first-order chi connectivity index (χ1) is 10.4. The summed E-state index contributed by atoms with van der Waals surface area (Å²) >= 11 is 1.78. The lowest BCUT2D eigenvalue weighted by Crippen LogP contribution is -2.40. The Kier molecular flexibility index (Phi) is 5.32. The molecule has 114 valence electrons. The molecule has 2 aliphatic rings. The number of hydrogen-bond acceptors (Lipinski definition) is 4. The molecule has 2 saturated heterocycles. The van der Waals surface area contributed by atoms with Gasteiger partial charge < -0.3 is 5.11 Å². The van der Waals surface area contributed by atoms with Crippen molar-refractivity contribution in [2.75, 3.05) is 32.8 Å². The number of hydrogen-bond donors (Lipinski definition) is 1. The summed E-state index contributed by atoms with van der Waals surface area (Å²) in [6.07, 6.45) is 5.47. The summed E-state index contributed by atoms with van der Waals surface area (Å²) in [5.41, 5.74) is 1.09. The fourth-order valence-electron chi connectivity index (χ4n) is 3.45. The molecule has 1 aromatic heterocycles. The first-order valence-electron chi connectivity index (χ1n) is 7.99. The van der Waals surface area contributed by atoms with E-state index in [0.29, 0.717) is 0 Å². The van der Waals surface area contributed by atoms with Crippen LogP contribution in [0.1, 0.15) is 36.1 Å². The van der Waals surface area contributed by atoms with Gasteiger partial charge in [0.15, 0.2) is 0 Å². The molecule has 0 aromatic carbocycles. The molecule has 21 heavy (non-hydrogen) atoms. The Hall–Kier alpha value is -0.860. The van der Waals surface area contributed by atoms with Crippen LogP contribution in [0, 0.1) is 11.8 Å². The highest BCUT2D eigenvalue weighted by molar-refractivity contribution is 7.10. The van der Waals surface area contributed by atoms with Crippen LogP contribution in [0.4, 0.5) is 0 Å². The third-order valence-corrected chi connectivity index (χ3v) is 5.47. The Balaban J connectivity index is 1.56. The average Bonchev–Trinajstić information content (AvgIpc) is 3.16. The Morgan fingerprint density at radius 3 is 2.90 bits per heavy atom. The lowest BCUT2D eigenvalue weighted by molar-refractivity contribution is 0.161. The second-order valence-corrected chi connectivity index (χ2v) is 6.99. The molecule has 0 amide bonds. The quantitative estimate of drug-likeness (QED) is 0.867. The molecule has 0 radical (unpaired) electrons. The van der Waals surface area contributed by atoms with E-state index >= 15 is 0 Å². The predicted molar refractivity (Wildman–Crippen MR) is 87.4 cm³/mol. The summed E-state index contributed by atoms with van der Waals surface area (Å²) in [5, 5.41) is 10.9. The zero-order valence-corrected chi connectivity index (χ0v) is 13.4. The average molecular weight is 304 g/mol. The van der Waals surface area contributed by atoms with Gasteiger partial charge >= 0.3 is 0 Å². The predicted octanol–water partition coefficient (Wildman–Crippen LogP) is 2.15. The molecule has 2 fully saturated rings. The molecule has 1 aromatic rings. The molecule has 1 N–H and O–H groups in total. The Labute approximate surface area is 131 Å². The minimum atomic E-state index is -0.0595. The van der Waals surface area contributed by atoms with E-state index < -0.39 is 0 Å². The van der Waals surface area contributed by atoms with E-state index in [1.807, 2.05) is 0 Å². The van der Waals surface area contributed by atoms with Crippen molar-refractivity contribution in [3.63, 3.8) is 0 Å². The van der Waals surface area contributed by atoms with E-state index in [9.17, 15) is 0 Å². The lowest BCUT2D eigenvalue weighted by Gasteiger charge is -2.32. The van der Waals surface area contributed by atoms with E-state index in [1.54, 1.807) is 11.3 Å². The van der Waals surface area contributed by atoms with Gasteiger partial charge in [0, 0.05) is 36.1 Å². The van der Waals surface area contributed by atoms with Crippen LogP contribution in [0.5, 0.6) is 0 Å². The highest BCUT2D eigenvalue weighted by Crippen LogP contribution is 2.24. The minimum Gasteiger partial charge on any atom is -0.384 e. The van der Waals surface area contributed by atoms with Gasteiger partial charge in [-0.1, -0.05) is 18.3 Å². The topological polar surface area (TPSA) is 26.7 Å². The molecular formula is C17H24N2OS. The van der Waals surface area contributed by atoms with Gasteiger partial charge in [0.25, 0.3) is 0 Å². The number of piperidine rings is 1. The van der Waals surface area contributed by atoms with E-state index in [4.69, 9.17) is 5.11 Å². The third-order valence-electron chi connectivity index (χ3n) is 4.57. The molecule has 1 unspecified atom stereocenters. The Morgan fingerprint density at radius 2 is 2.10 bits per heavy atom. The van der Waals surface area contributed by atoms with Crippen molar-refractivity contribution in [2.45, 2.75) is 38.3 Å². The van der Waals surface area contributed by atoms with Crippen LogP contribution in [0.3, 0.4) is 0 Å². The molecular weight excluding hydrogens is 280 g/mol. The van der Waals surface area contributed by atoms with Crippen molar-refractivity contribution in [3.8, 4) is 11.8 Å². The normalized spacial score (nSPS) is 24.0. The van der Waals surface area contributed by atoms with Crippen molar-refractivity contribution in [3.05, 3.63) is 21.9 Å². The summed E-state index contributed by atoms with van der Waals surface area (Å²) in [7, 11) is 0. The smallest absolute Gasteiger partial charge is 0.104 e. The van der Waals surface area contributed by atoms with Gasteiger partial charge in [-0.2, -0.15) is 0 Å². The number of likely N-dealkylation sites (tertiary alicyclic amines) is 2. The molecule has 0 bridgehead atoms. The number of aliphatic hydroxyl groups excluding tert-OH is 1. The molecule has 4 heteroatoms. The summed E-state index contributed by atoms with van der Waals surface area (Å²) < 4.78 is 0. The number of rotatable bonds is 3. The molecule has 3 rings (SSSR count). The van der Waals surface area contributed by atoms with Crippen molar-refractivity contribution in [1.29, 1.82) is 0 Å². The first kappa shape index (κ1) is 15.1. The SMILES string of the molecule is OCC#Cc1ccsc1CN1CCC(N2CCCCC2)C1. The maximum atomic E-state index is 8.83. The van der Waals surface area contributed by atoms with Gasteiger partial charge in [0.2, 0.25) is 0 Å². The summed E-state index contributed by atoms with van der Waals surface area (Å²) in [6, 6.07) is 2.83. The number of aliphatic hydroxyl groups is 1. The van der Waals surface area contributed by atoms with Gasteiger partial charge in [-0.25, -0.2) is 0 Å². The lowest BCUT2D eigenvalue weighted by atomic mass is 10.1. The van der Waals surface area contributed by atoms with Crippen molar-refractivity contribution >= 4 is 11.3 Å². The summed E-state index contributed by atoms with van der Waals surface area (Å²) in [6.45, 7) is 5.94. The van der Waals surface area contributed by atoms with Crippen LogP contribution >= 0.6 is 11.3 Å². The van der Waals surface area contributed by atoms with Crippen LogP contribution in [0.15, 0.2) is 11.4 Å². The Morgan fingerprint density at radius 1 is 1.24 bits per heavy atom. The largest absolute Gasteiger partial charge is 0.384 e. The van der Waals surface area contributed by atoms with Gasteiger partial charge in [-0.3, -0.25) is 9.80 Å².